The van der Waals surface area contributed by atoms with Gasteiger partial charge < -0.3 is 4.74 Å². The topological polar surface area (TPSA) is 26.3 Å². The monoisotopic (exact) mass is 216 g/mol. The van der Waals surface area contributed by atoms with Crippen LogP contribution in [-0.4, -0.2) is 11.5 Å². The Balaban J connectivity index is 2.23. The van der Waals surface area contributed by atoms with E-state index in [2.05, 4.69) is 20.8 Å². The summed E-state index contributed by atoms with van der Waals surface area (Å²) in [5, 5.41) is 0. The quantitative estimate of drug-likeness (QED) is 0.627. The molecule has 2 fully saturated rings. The highest BCUT2D eigenvalue weighted by atomic mass is 35.5. The summed E-state index contributed by atoms with van der Waals surface area (Å²) < 4.78 is 5.21. The van der Waals surface area contributed by atoms with E-state index >= 15 is 0 Å². The van der Waals surface area contributed by atoms with Crippen molar-refractivity contribution in [3.05, 3.63) is 0 Å². The molecule has 0 aromatic rings. The van der Waals surface area contributed by atoms with Gasteiger partial charge in [-0.3, -0.25) is 0 Å². The van der Waals surface area contributed by atoms with Gasteiger partial charge in [0, 0.05) is 17.0 Å². The zero-order chi connectivity index (χ0) is 10.6. The van der Waals surface area contributed by atoms with Crippen LogP contribution < -0.4 is 0 Å². The zero-order valence-corrected chi connectivity index (χ0v) is 9.73. The summed E-state index contributed by atoms with van der Waals surface area (Å²) in [7, 11) is 0. The molecule has 0 aromatic heterocycles. The molecule has 2 aliphatic rings. The summed E-state index contributed by atoms with van der Waals surface area (Å²) in [6.45, 7) is 6.80. The normalized spacial score (nSPS) is 44.0. The van der Waals surface area contributed by atoms with Crippen molar-refractivity contribution in [2.75, 3.05) is 0 Å². The van der Waals surface area contributed by atoms with Crippen molar-refractivity contribution in [2.45, 2.75) is 46.1 Å². The predicted molar refractivity (Wildman–Crippen MR) is 55.4 cm³/mol. The maximum absolute atomic E-state index is 10.8. The number of halogens is 1. The number of carbonyl (C=O) groups is 1. The summed E-state index contributed by atoms with van der Waals surface area (Å²) in [6, 6.07) is 0. The predicted octanol–water partition coefficient (Wildman–Crippen LogP) is 3.58. The van der Waals surface area contributed by atoms with Crippen molar-refractivity contribution < 1.29 is 9.53 Å². The lowest BCUT2D eigenvalue weighted by Crippen LogP contribution is -2.37. The van der Waals surface area contributed by atoms with E-state index in [9.17, 15) is 4.79 Å². The minimum atomic E-state index is -0.653. The fraction of sp³-hybridized carbons (Fsp3) is 0.909. The van der Waals surface area contributed by atoms with Gasteiger partial charge in [-0.15, -0.1) is 0 Å². The molecule has 2 aliphatic carbocycles. The largest absolute Gasteiger partial charge is 0.450 e. The Morgan fingerprint density at radius 3 is 2.43 bits per heavy atom. The molecule has 0 aromatic carbocycles. The molecule has 0 saturated heterocycles. The van der Waals surface area contributed by atoms with Gasteiger partial charge in [-0.05, 0) is 30.6 Å². The molecular weight excluding hydrogens is 200 g/mol. The Labute approximate surface area is 90.0 Å². The van der Waals surface area contributed by atoms with Crippen LogP contribution in [0, 0.1) is 16.7 Å². The Morgan fingerprint density at radius 2 is 2.07 bits per heavy atom. The number of fused-ring (bicyclic) bond motifs is 2. The maximum atomic E-state index is 10.8. The molecule has 0 heterocycles. The summed E-state index contributed by atoms with van der Waals surface area (Å²) in [4.78, 5) is 10.8. The summed E-state index contributed by atoms with van der Waals surface area (Å²) in [5.41, 5.74) is -0.244. The number of hydrogen-bond donors (Lipinski definition) is 0. The third kappa shape index (κ3) is 1.13. The van der Waals surface area contributed by atoms with Gasteiger partial charge in [0.25, 0.3) is 0 Å². The van der Waals surface area contributed by atoms with E-state index in [1.54, 1.807) is 0 Å². The standard InChI is InChI=1S/C11H17ClO2/c1-10(2)7-4-5-11(10,3)8(6-7)14-9(12)13/h7-8H,4-6H2,1-3H3/t7-,8-,11+/m0/s1. The summed E-state index contributed by atoms with van der Waals surface area (Å²) in [6.07, 6.45) is 3.43. The Hall–Kier alpha value is -0.240. The minimum absolute atomic E-state index is 0.0289. The van der Waals surface area contributed by atoms with Crippen LogP contribution in [0.5, 0.6) is 0 Å². The van der Waals surface area contributed by atoms with Gasteiger partial charge in [-0.1, -0.05) is 20.8 Å². The third-order valence-electron chi connectivity index (χ3n) is 4.95. The SMILES string of the molecule is CC1(C)[C@H]2CC[C@]1(C)[C@@H](OC(=O)Cl)C2. The first-order valence-corrected chi connectivity index (χ1v) is 5.62. The average molecular weight is 217 g/mol. The van der Waals surface area contributed by atoms with Crippen LogP contribution in [-0.2, 0) is 4.74 Å². The van der Waals surface area contributed by atoms with E-state index in [1.807, 2.05) is 0 Å². The van der Waals surface area contributed by atoms with Gasteiger partial charge in [0.15, 0.2) is 0 Å². The molecule has 3 heteroatoms. The molecule has 0 aliphatic heterocycles. The molecule has 0 spiro atoms. The second-order valence-electron chi connectivity index (χ2n) is 5.45. The fourth-order valence-corrected chi connectivity index (χ4v) is 3.53. The van der Waals surface area contributed by atoms with Gasteiger partial charge in [-0.2, -0.15) is 0 Å². The molecule has 0 radical (unpaired) electrons. The molecule has 2 saturated carbocycles. The molecule has 0 N–H and O–H groups in total. The first-order chi connectivity index (χ1) is 6.38. The first-order valence-electron chi connectivity index (χ1n) is 5.24. The van der Waals surface area contributed by atoms with Gasteiger partial charge in [0.05, 0.1) is 0 Å². The lowest BCUT2D eigenvalue weighted by molar-refractivity contribution is 0.00612. The van der Waals surface area contributed by atoms with Gasteiger partial charge in [0.2, 0.25) is 0 Å². The van der Waals surface area contributed by atoms with E-state index in [1.165, 1.54) is 6.42 Å². The fourth-order valence-electron chi connectivity index (χ4n) is 3.42. The number of carbonyl (C=O) groups excluding carboxylic acids is 1. The van der Waals surface area contributed by atoms with Crippen molar-refractivity contribution in [2.24, 2.45) is 16.7 Å². The maximum Gasteiger partial charge on any atom is 0.404 e. The lowest BCUT2D eigenvalue weighted by atomic mass is 9.70. The summed E-state index contributed by atoms with van der Waals surface area (Å²) >= 11 is 5.29. The van der Waals surface area contributed by atoms with Crippen LogP contribution in [0.25, 0.3) is 0 Å². The van der Waals surface area contributed by atoms with Crippen LogP contribution in [0.4, 0.5) is 4.79 Å². The molecular formula is C11H17ClO2. The van der Waals surface area contributed by atoms with E-state index in [0.29, 0.717) is 5.92 Å². The van der Waals surface area contributed by atoms with Gasteiger partial charge >= 0.3 is 5.43 Å². The van der Waals surface area contributed by atoms with Crippen LogP contribution >= 0.6 is 11.6 Å². The van der Waals surface area contributed by atoms with E-state index in [-0.39, 0.29) is 16.9 Å². The molecule has 0 unspecified atom stereocenters. The van der Waals surface area contributed by atoms with Crippen LogP contribution in [0.15, 0.2) is 0 Å². The average Bonchev–Trinajstić information content (AvgIpc) is 2.35. The molecule has 80 valence electrons. The second kappa shape index (κ2) is 2.88. The smallest absolute Gasteiger partial charge is 0.404 e. The number of hydrogen-bond acceptors (Lipinski definition) is 2. The highest BCUT2D eigenvalue weighted by molar-refractivity contribution is 6.61. The molecule has 2 rings (SSSR count). The second-order valence-corrected chi connectivity index (χ2v) is 5.76. The Morgan fingerprint density at radius 1 is 1.43 bits per heavy atom. The van der Waals surface area contributed by atoms with Crippen molar-refractivity contribution in [1.29, 1.82) is 0 Å². The Bertz CT molecular complexity index is 274. The first kappa shape index (κ1) is 10.3. The minimum Gasteiger partial charge on any atom is -0.450 e. The molecule has 0 amide bonds. The van der Waals surface area contributed by atoms with E-state index in [0.717, 1.165) is 12.8 Å². The lowest BCUT2D eigenvalue weighted by Gasteiger charge is -2.38. The van der Waals surface area contributed by atoms with Crippen LogP contribution in [0.1, 0.15) is 40.0 Å². The van der Waals surface area contributed by atoms with Gasteiger partial charge in [-0.25, -0.2) is 4.79 Å². The number of ether oxygens (including phenoxy) is 1. The molecule has 2 nitrogen and oxygen atoms in total. The Kier molecular flexibility index (Phi) is 2.11. The highest BCUT2D eigenvalue weighted by Gasteiger charge is 2.62. The third-order valence-corrected chi connectivity index (χ3v) is 5.04. The van der Waals surface area contributed by atoms with Gasteiger partial charge in [0.1, 0.15) is 6.10 Å². The van der Waals surface area contributed by atoms with Crippen molar-refractivity contribution in [3.63, 3.8) is 0 Å². The van der Waals surface area contributed by atoms with Crippen molar-refractivity contribution >= 4 is 17.0 Å². The molecule has 2 bridgehead atoms. The van der Waals surface area contributed by atoms with Crippen molar-refractivity contribution in [1.82, 2.24) is 0 Å². The summed E-state index contributed by atoms with van der Waals surface area (Å²) in [5.74, 6) is 0.688. The van der Waals surface area contributed by atoms with Crippen LogP contribution in [0.3, 0.4) is 0 Å². The molecule has 3 atom stereocenters. The van der Waals surface area contributed by atoms with E-state index < -0.39 is 5.43 Å². The highest BCUT2D eigenvalue weighted by Crippen LogP contribution is 2.66. The molecule has 14 heavy (non-hydrogen) atoms. The van der Waals surface area contributed by atoms with E-state index in [4.69, 9.17) is 16.3 Å². The van der Waals surface area contributed by atoms with Crippen LogP contribution in [0.2, 0.25) is 0 Å². The number of rotatable bonds is 1. The zero-order valence-electron chi connectivity index (χ0n) is 8.97. The van der Waals surface area contributed by atoms with Crippen molar-refractivity contribution in [3.8, 4) is 0 Å².